The molecule has 2 atom stereocenters. The van der Waals surface area contributed by atoms with E-state index in [1.165, 1.54) is 6.42 Å². The van der Waals surface area contributed by atoms with Crippen molar-refractivity contribution in [2.24, 2.45) is 0 Å². The molecule has 3 aliphatic rings. The zero-order valence-corrected chi connectivity index (χ0v) is 30.0. The topological polar surface area (TPSA) is 83.5 Å². The number of hydrogen-bond donors (Lipinski definition) is 0. The Balaban J connectivity index is 1.05. The summed E-state index contributed by atoms with van der Waals surface area (Å²) in [4.78, 5) is 32.1. The van der Waals surface area contributed by atoms with E-state index in [0.717, 1.165) is 63.4 Å². The van der Waals surface area contributed by atoms with E-state index in [2.05, 4.69) is 77.2 Å². The minimum Gasteiger partial charge on any atom is -0.489 e. The molecule has 268 valence electrons. The van der Waals surface area contributed by atoms with Crippen molar-refractivity contribution in [2.75, 3.05) is 49.6 Å². The van der Waals surface area contributed by atoms with Crippen molar-refractivity contribution in [3.8, 4) is 11.8 Å². The van der Waals surface area contributed by atoms with E-state index in [4.69, 9.17) is 24.2 Å². The van der Waals surface area contributed by atoms with Crippen molar-refractivity contribution < 1.29 is 19.0 Å². The molecule has 0 unspecified atom stereocenters. The number of ether oxygens (including phenoxy) is 3. The van der Waals surface area contributed by atoms with E-state index in [9.17, 15) is 4.79 Å². The lowest BCUT2D eigenvalue weighted by molar-refractivity contribution is 0.0897. The number of aromatic nitrogens is 2. The van der Waals surface area contributed by atoms with Gasteiger partial charge in [-0.15, -0.1) is 0 Å². The standard InChI is InChI=1S/C42H46N6O4/c1-30-24-46(42(49)52-28-32-14-7-4-8-15-32)20-21-48(30)40-37-25-47(26-38(37)43-41(44-40)51-29-34-17-11-19-45(34)2)39-23-35(22-33-16-9-10-18-36(33)39)50-27-31-12-5-3-6-13-31/h3-10,12-16,18,22-23,30,34H,11,17,19-21,24-29H2,1-2H3/t30-,34-/m0/s1. The first kappa shape index (κ1) is 33.8. The molecular weight excluding hydrogens is 652 g/mol. The van der Waals surface area contributed by atoms with Crippen LogP contribution < -0.4 is 19.3 Å². The fraction of sp³-hybridized carbons (Fsp3) is 0.357. The molecular formula is C42H46N6O4. The number of nitrogens with zero attached hydrogens (tertiary/aromatic N) is 6. The molecule has 1 aromatic heterocycles. The van der Waals surface area contributed by atoms with E-state index in [1.54, 1.807) is 4.90 Å². The van der Waals surface area contributed by atoms with E-state index >= 15 is 0 Å². The Morgan fingerprint density at radius 2 is 1.58 bits per heavy atom. The van der Waals surface area contributed by atoms with Crippen LogP contribution in [0.15, 0.2) is 97.1 Å². The van der Waals surface area contributed by atoms with Crippen LogP contribution in [0.2, 0.25) is 0 Å². The fourth-order valence-corrected chi connectivity index (χ4v) is 7.65. The van der Waals surface area contributed by atoms with Crippen LogP contribution in [0.3, 0.4) is 0 Å². The number of hydrogen-bond acceptors (Lipinski definition) is 9. The number of anilines is 2. The highest BCUT2D eigenvalue weighted by Gasteiger charge is 2.35. The lowest BCUT2D eigenvalue weighted by atomic mass is 10.1. The van der Waals surface area contributed by atoms with Crippen LogP contribution in [0.5, 0.6) is 11.8 Å². The minimum absolute atomic E-state index is 0.00966. The number of carbonyl (C=O) groups is 1. The molecule has 0 N–H and O–H groups in total. The predicted octanol–water partition coefficient (Wildman–Crippen LogP) is 7.05. The molecule has 0 aliphatic carbocycles. The van der Waals surface area contributed by atoms with E-state index in [1.807, 2.05) is 48.5 Å². The highest BCUT2D eigenvalue weighted by atomic mass is 16.6. The monoisotopic (exact) mass is 698 g/mol. The highest BCUT2D eigenvalue weighted by Crippen LogP contribution is 2.40. The summed E-state index contributed by atoms with van der Waals surface area (Å²) in [6.07, 6.45) is 1.99. The summed E-state index contributed by atoms with van der Waals surface area (Å²) in [5.41, 5.74) is 5.26. The molecule has 3 aliphatic heterocycles. The molecule has 4 heterocycles. The lowest BCUT2D eigenvalue weighted by Crippen LogP contribution is -2.54. The Labute approximate surface area is 305 Å². The Kier molecular flexibility index (Phi) is 9.80. The van der Waals surface area contributed by atoms with E-state index < -0.39 is 0 Å². The van der Waals surface area contributed by atoms with Gasteiger partial charge in [0.15, 0.2) is 0 Å². The Morgan fingerprint density at radius 3 is 2.33 bits per heavy atom. The summed E-state index contributed by atoms with van der Waals surface area (Å²) in [5, 5.41) is 2.28. The second kappa shape index (κ2) is 15.1. The molecule has 2 fully saturated rings. The van der Waals surface area contributed by atoms with Crippen LogP contribution in [-0.2, 0) is 31.0 Å². The normalized spacial score (nSPS) is 18.8. The number of benzene rings is 4. The fourth-order valence-electron chi connectivity index (χ4n) is 7.65. The van der Waals surface area contributed by atoms with Gasteiger partial charge >= 0.3 is 12.1 Å². The molecule has 2 saturated heterocycles. The zero-order valence-electron chi connectivity index (χ0n) is 30.0. The number of rotatable bonds is 10. The van der Waals surface area contributed by atoms with Gasteiger partial charge in [0.25, 0.3) is 0 Å². The van der Waals surface area contributed by atoms with Gasteiger partial charge in [-0.3, -0.25) is 0 Å². The maximum Gasteiger partial charge on any atom is 0.410 e. The SMILES string of the molecule is C[C@H]1CN(C(=O)OCc2ccccc2)CCN1c1nc(OC[C@@H]2CCCN2C)nc2c1CN(c1cc(OCc3ccccc3)cc3ccccc13)C2. The first-order valence-electron chi connectivity index (χ1n) is 18.4. The van der Waals surface area contributed by atoms with Crippen molar-refractivity contribution in [2.45, 2.75) is 58.2 Å². The van der Waals surface area contributed by atoms with Crippen LogP contribution in [-0.4, -0.2) is 77.8 Å². The second-order valence-corrected chi connectivity index (χ2v) is 14.2. The smallest absolute Gasteiger partial charge is 0.410 e. The zero-order chi connectivity index (χ0) is 35.4. The van der Waals surface area contributed by atoms with Gasteiger partial charge in [-0.05, 0) is 55.9 Å². The summed E-state index contributed by atoms with van der Waals surface area (Å²) in [6, 6.07) is 33.6. The van der Waals surface area contributed by atoms with Crippen molar-refractivity contribution >= 4 is 28.4 Å². The van der Waals surface area contributed by atoms with Crippen molar-refractivity contribution in [1.82, 2.24) is 19.8 Å². The average Bonchev–Trinajstić information content (AvgIpc) is 3.81. The molecule has 5 aromatic rings. The molecule has 0 saturated carbocycles. The first-order chi connectivity index (χ1) is 25.5. The van der Waals surface area contributed by atoms with Crippen LogP contribution in [0.4, 0.5) is 16.3 Å². The minimum atomic E-state index is -0.291. The van der Waals surface area contributed by atoms with Gasteiger partial charge < -0.3 is 33.8 Å². The summed E-state index contributed by atoms with van der Waals surface area (Å²) in [6.45, 7) is 7.50. The molecule has 10 nitrogen and oxygen atoms in total. The van der Waals surface area contributed by atoms with Crippen molar-refractivity contribution in [3.63, 3.8) is 0 Å². The van der Waals surface area contributed by atoms with Crippen LogP contribution in [0, 0.1) is 0 Å². The summed E-state index contributed by atoms with van der Waals surface area (Å²) < 4.78 is 18.4. The lowest BCUT2D eigenvalue weighted by Gasteiger charge is -2.40. The Morgan fingerprint density at radius 1 is 0.827 bits per heavy atom. The molecule has 52 heavy (non-hydrogen) atoms. The second-order valence-electron chi connectivity index (χ2n) is 14.2. The Hall–Kier alpha value is -5.35. The third-order valence-electron chi connectivity index (χ3n) is 10.6. The van der Waals surface area contributed by atoms with Crippen LogP contribution in [0.1, 0.15) is 42.1 Å². The van der Waals surface area contributed by atoms with Gasteiger partial charge in [0.05, 0.1) is 12.2 Å². The largest absolute Gasteiger partial charge is 0.489 e. The molecule has 4 aromatic carbocycles. The van der Waals surface area contributed by atoms with Gasteiger partial charge in [0.1, 0.15) is 31.4 Å². The molecule has 0 radical (unpaired) electrons. The number of fused-ring (bicyclic) bond motifs is 2. The van der Waals surface area contributed by atoms with Gasteiger partial charge in [0, 0.05) is 61.0 Å². The Bertz CT molecular complexity index is 2010. The molecule has 10 heteroatoms. The average molecular weight is 699 g/mol. The van der Waals surface area contributed by atoms with Crippen LogP contribution >= 0.6 is 0 Å². The first-order valence-corrected chi connectivity index (χ1v) is 18.4. The van der Waals surface area contributed by atoms with E-state index in [-0.39, 0.29) is 18.7 Å². The van der Waals surface area contributed by atoms with Gasteiger partial charge in [-0.1, -0.05) is 84.9 Å². The molecule has 0 spiro atoms. The van der Waals surface area contributed by atoms with Crippen molar-refractivity contribution in [1.29, 1.82) is 0 Å². The summed E-state index contributed by atoms with van der Waals surface area (Å²) >= 11 is 0. The van der Waals surface area contributed by atoms with E-state index in [0.29, 0.717) is 58.0 Å². The maximum atomic E-state index is 13.1. The number of likely N-dealkylation sites (tertiary alicyclic amines) is 1. The van der Waals surface area contributed by atoms with Crippen molar-refractivity contribution in [3.05, 3.63) is 119 Å². The third-order valence-corrected chi connectivity index (χ3v) is 10.6. The summed E-state index contributed by atoms with van der Waals surface area (Å²) in [7, 11) is 2.15. The summed E-state index contributed by atoms with van der Waals surface area (Å²) in [5.74, 6) is 1.71. The molecule has 1 amide bonds. The molecule has 8 rings (SSSR count). The van der Waals surface area contributed by atoms with Gasteiger partial charge in [-0.25, -0.2) is 4.79 Å². The quantitative estimate of drug-likeness (QED) is 0.152. The molecule has 0 bridgehead atoms. The number of carbonyl (C=O) groups excluding carboxylic acids is 1. The van der Waals surface area contributed by atoms with Crippen LogP contribution in [0.25, 0.3) is 10.8 Å². The maximum absolute atomic E-state index is 13.1. The number of piperazine rings is 1. The highest BCUT2D eigenvalue weighted by molar-refractivity contribution is 5.96. The number of likely N-dealkylation sites (N-methyl/N-ethyl adjacent to an activating group) is 1. The van der Waals surface area contributed by atoms with Gasteiger partial charge in [0.2, 0.25) is 0 Å². The predicted molar refractivity (Wildman–Crippen MR) is 203 cm³/mol. The van der Waals surface area contributed by atoms with Gasteiger partial charge in [-0.2, -0.15) is 9.97 Å². The third kappa shape index (κ3) is 7.34. The number of amides is 1.